The van der Waals surface area contributed by atoms with Gasteiger partial charge in [0.15, 0.2) is 0 Å². The summed E-state index contributed by atoms with van der Waals surface area (Å²) < 4.78 is 1.23. The topological polar surface area (TPSA) is 17.1 Å². The molecule has 1 aliphatic carbocycles. The van der Waals surface area contributed by atoms with Gasteiger partial charge in [-0.1, -0.05) is 11.6 Å². The highest BCUT2D eigenvalue weighted by Gasteiger charge is 2.19. The molecule has 1 aliphatic rings. The minimum Gasteiger partial charge on any atom is -0.299 e. The molecule has 1 nitrogen and oxygen atoms in total. The van der Waals surface area contributed by atoms with Gasteiger partial charge >= 0.3 is 0 Å². The first-order valence-corrected chi connectivity index (χ1v) is 5.61. The van der Waals surface area contributed by atoms with E-state index in [2.05, 4.69) is 22.6 Å². The second-order valence-electron chi connectivity index (χ2n) is 3.20. The number of hydrogen-bond donors (Lipinski definition) is 0. The van der Waals surface area contributed by atoms with Crippen LogP contribution in [-0.2, 0) is 17.6 Å². The fourth-order valence-electron chi connectivity index (χ4n) is 1.65. The lowest BCUT2D eigenvalue weighted by Gasteiger charge is -2.17. The Morgan fingerprint density at radius 3 is 2.77 bits per heavy atom. The van der Waals surface area contributed by atoms with Gasteiger partial charge in [-0.15, -0.1) is 0 Å². The second-order valence-corrected chi connectivity index (χ2v) is 4.77. The van der Waals surface area contributed by atoms with Crippen LogP contribution in [0.3, 0.4) is 0 Å². The summed E-state index contributed by atoms with van der Waals surface area (Å²) in [6.07, 6.45) is 2.04. The Hall–Kier alpha value is -0.0900. The Morgan fingerprint density at radius 2 is 2.00 bits per heavy atom. The number of carbonyl (C=O) groups excluding carboxylic acids is 1. The number of Topliss-reactive ketones (excluding diaryl/α,β-unsaturated/α-hetero) is 1. The van der Waals surface area contributed by atoms with Crippen molar-refractivity contribution in [3.05, 3.63) is 31.9 Å². The number of halogens is 2. The first-order valence-electron chi connectivity index (χ1n) is 4.16. The van der Waals surface area contributed by atoms with Gasteiger partial charge in [0.25, 0.3) is 0 Å². The van der Waals surface area contributed by atoms with E-state index in [9.17, 15) is 4.79 Å². The van der Waals surface area contributed by atoms with Crippen molar-refractivity contribution >= 4 is 40.0 Å². The molecule has 1 aromatic rings. The van der Waals surface area contributed by atoms with E-state index in [1.807, 2.05) is 12.1 Å². The number of carbonyl (C=O) groups is 1. The zero-order chi connectivity index (χ0) is 9.42. The summed E-state index contributed by atoms with van der Waals surface area (Å²) in [7, 11) is 0. The molecule has 0 saturated carbocycles. The second kappa shape index (κ2) is 3.58. The number of rotatable bonds is 0. The van der Waals surface area contributed by atoms with Crippen molar-refractivity contribution in [3.8, 4) is 0 Å². The quantitative estimate of drug-likeness (QED) is 0.674. The highest BCUT2D eigenvalue weighted by atomic mass is 127. The summed E-state index contributed by atoms with van der Waals surface area (Å²) in [5, 5.41) is 0.739. The maximum absolute atomic E-state index is 11.2. The molecule has 1 aromatic carbocycles. The van der Waals surface area contributed by atoms with Gasteiger partial charge < -0.3 is 0 Å². The fourth-order valence-corrected chi connectivity index (χ4v) is 2.67. The predicted molar refractivity (Wildman–Crippen MR) is 61.2 cm³/mol. The lowest BCUT2D eigenvalue weighted by Crippen LogP contribution is -2.14. The van der Waals surface area contributed by atoms with Crippen molar-refractivity contribution in [1.82, 2.24) is 0 Å². The van der Waals surface area contributed by atoms with Crippen LogP contribution in [0.25, 0.3) is 0 Å². The highest BCUT2D eigenvalue weighted by molar-refractivity contribution is 14.1. The van der Waals surface area contributed by atoms with Gasteiger partial charge in [0, 0.05) is 21.4 Å². The van der Waals surface area contributed by atoms with E-state index in [0.29, 0.717) is 18.6 Å². The summed E-state index contributed by atoms with van der Waals surface area (Å²) >= 11 is 8.32. The van der Waals surface area contributed by atoms with E-state index in [4.69, 9.17) is 11.6 Å². The lowest BCUT2D eigenvalue weighted by atomic mass is 9.91. The molecule has 0 bridgehead atoms. The number of benzene rings is 1. The molecule has 0 amide bonds. The van der Waals surface area contributed by atoms with Crippen LogP contribution in [-0.4, -0.2) is 5.78 Å². The molecule has 0 heterocycles. The summed E-state index contributed by atoms with van der Waals surface area (Å²) in [4.78, 5) is 11.2. The summed E-state index contributed by atoms with van der Waals surface area (Å²) in [5.41, 5.74) is 2.32. The Labute approximate surface area is 95.6 Å². The van der Waals surface area contributed by atoms with Gasteiger partial charge in [-0.05, 0) is 52.3 Å². The summed E-state index contributed by atoms with van der Waals surface area (Å²) in [6, 6.07) is 3.89. The molecule has 68 valence electrons. The molecule has 0 aromatic heterocycles. The molecule has 0 saturated heterocycles. The molecule has 13 heavy (non-hydrogen) atoms. The molecule has 0 N–H and O–H groups in total. The van der Waals surface area contributed by atoms with Crippen LogP contribution in [0.15, 0.2) is 12.1 Å². The van der Waals surface area contributed by atoms with E-state index >= 15 is 0 Å². The van der Waals surface area contributed by atoms with Crippen LogP contribution in [0, 0.1) is 3.57 Å². The third-order valence-electron chi connectivity index (χ3n) is 2.34. The fraction of sp³-hybridized carbons (Fsp3) is 0.300. The van der Waals surface area contributed by atoms with Gasteiger partial charge in [-0.2, -0.15) is 0 Å². The number of ketones is 1. The van der Waals surface area contributed by atoms with Crippen molar-refractivity contribution in [3.63, 3.8) is 0 Å². The van der Waals surface area contributed by atoms with Crippen LogP contribution in [0.5, 0.6) is 0 Å². The van der Waals surface area contributed by atoms with Crippen LogP contribution in [0.1, 0.15) is 17.5 Å². The number of fused-ring (bicyclic) bond motifs is 1. The standard InChI is InChI=1S/C10H8ClIO/c11-9-3-4-10(12)7-2-1-6(13)5-8(7)9/h3-4H,1-2,5H2. The lowest BCUT2D eigenvalue weighted by molar-refractivity contribution is -0.118. The normalized spacial score (nSPS) is 15.7. The minimum atomic E-state index is 0.302. The Balaban J connectivity index is 2.57. The Kier molecular flexibility index (Phi) is 2.60. The molecule has 0 fully saturated rings. The van der Waals surface area contributed by atoms with E-state index in [1.165, 1.54) is 9.13 Å². The Morgan fingerprint density at radius 1 is 1.23 bits per heavy atom. The summed E-state index contributed by atoms with van der Waals surface area (Å²) in [5.74, 6) is 0.302. The van der Waals surface area contributed by atoms with Gasteiger partial charge in [-0.25, -0.2) is 0 Å². The van der Waals surface area contributed by atoms with Gasteiger partial charge in [-0.3, -0.25) is 4.79 Å². The minimum absolute atomic E-state index is 0.302. The van der Waals surface area contributed by atoms with E-state index in [1.54, 1.807) is 0 Å². The maximum atomic E-state index is 11.2. The van der Waals surface area contributed by atoms with Crippen LogP contribution >= 0.6 is 34.2 Å². The number of hydrogen-bond acceptors (Lipinski definition) is 1. The molecule has 0 aliphatic heterocycles. The first-order chi connectivity index (χ1) is 6.18. The molecule has 0 radical (unpaired) electrons. The third kappa shape index (κ3) is 1.74. The third-order valence-corrected chi connectivity index (χ3v) is 3.71. The van der Waals surface area contributed by atoms with Gasteiger partial charge in [0.2, 0.25) is 0 Å². The van der Waals surface area contributed by atoms with Crippen LogP contribution < -0.4 is 0 Å². The molecule has 0 unspecified atom stereocenters. The van der Waals surface area contributed by atoms with Crippen molar-refractivity contribution in [2.24, 2.45) is 0 Å². The van der Waals surface area contributed by atoms with Crippen LogP contribution in [0.4, 0.5) is 0 Å². The molecule has 0 spiro atoms. The molecular weight excluding hydrogens is 298 g/mol. The SMILES string of the molecule is O=C1CCc2c(I)ccc(Cl)c2C1. The average molecular weight is 307 g/mol. The average Bonchev–Trinajstić information content (AvgIpc) is 2.12. The molecular formula is C10H8ClIO. The van der Waals surface area contributed by atoms with Gasteiger partial charge in [0.05, 0.1) is 0 Å². The van der Waals surface area contributed by atoms with Crippen LogP contribution in [0.2, 0.25) is 5.02 Å². The maximum Gasteiger partial charge on any atom is 0.137 e. The van der Waals surface area contributed by atoms with Gasteiger partial charge in [0.1, 0.15) is 5.78 Å². The monoisotopic (exact) mass is 306 g/mol. The predicted octanol–water partition coefficient (Wildman–Crippen LogP) is 3.00. The zero-order valence-corrected chi connectivity index (χ0v) is 9.85. The van der Waals surface area contributed by atoms with Crippen molar-refractivity contribution in [1.29, 1.82) is 0 Å². The molecule has 2 rings (SSSR count). The highest BCUT2D eigenvalue weighted by Crippen LogP contribution is 2.29. The molecule has 3 heteroatoms. The molecule has 0 atom stereocenters. The van der Waals surface area contributed by atoms with E-state index in [-0.39, 0.29) is 0 Å². The summed E-state index contributed by atoms with van der Waals surface area (Å²) in [6.45, 7) is 0. The first kappa shape index (κ1) is 9.46. The van der Waals surface area contributed by atoms with Crippen molar-refractivity contribution < 1.29 is 4.79 Å². The van der Waals surface area contributed by atoms with E-state index in [0.717, 1.165) is 17.0 Å². The van der Waals surface area contributed by atoms with E-state index < -0.39 is 0 Å². The van der Waals surface area contributed by atoms with Crippen molar-refractivity contribution in [2.75, 3.05) is 0 Å². The zero-order valence-electron chi connectivity index (χ0n) is 6.94. The Bertz CT molecular complexity index is 373. The smallest absolute Gasteiger partial charge is 0.137 e. The largest absolute Gasteiger partial charge is 0.299 e. The van der Waals surface area contributed by atoms with Crippen molar-refractivity contribution in [2.45, 2.75) is 19.3 Å².